The molecule has 0 fully saturated rings. The van der Waals surface area contributed by atoms with Crippen LogP contribution in [0.5, 0.6) is 0 Å². The van der Waals surface area contributed by atoms with E-state index in [1.165, 1.54) is 18.2 Å². The lowest BCUT2D eigenvalue weighted by molar-refractivity contribution is -0.127. The highest BCUT2D eigenvalue weighted by Gasteiger charge is 2.29. The molecule has 0 aliphatic rings. The van der Waals surface area contributed by atoms with Gasteiger partial charge in [0.2, 0.25) is 5.91 Å². The summed E-state index contributed by atoms with van der Waals surface area (Å²) in [4.78, 5) is 10.8. The number of carbonyl (C=O) groups is 1. The number of halogens is 4. The fourth-order valence-corrected chi connectivity index (χ4v) is 1.41. The van der Waals surface area contributed by atoms with Crippen molar-refractivity contribution in [1.82, 2.24) is 0 Å². The molecule has 15 heavy (non-hydrogen) atoms. The highest BCUT2D eigenvalue weighted by Crippen LogP contribution is 2.28. The van der Waals surface area contributed by atoms with Crippen LogP contribution in [0.1, 0.15) is 15.9 Å². The molecule has 6 heteroatoms. The van der Waals surface area contributed by atoms with Gasteiger partial charge in [0.25, 0.3) is 0 Å². The average molecular weight is 238 g/mol. The van der Waals surface area contributed by atoms with Crippen LogP contribution in [-0.4, -0.2) is 12.1 Å². The molecule has 82 valence electrons. The molecule has 2 N–H and O–H groups in total. The Bertz CT molecular complexity index is 389. The summed E-state index contributed by atoms with van der Waals surface area (Å²) in [6.07, 6.45) is -5.53. The van der Waals surface area contributed by atoms with E-state index in [1.54, 1.807) is 0 Å². The second kappa shape index (κ2) is 4.10. The van der Waals surface area contributed by atoms with Crippen LogP contribution in [0.3, 0.4) is 0 Å². The Morgan fingerprint density at radius 1 is 1.40 bits per heavy atom. The number of alkyl halides is 3. The summed E-state index contributed by atoms with van der Waals surface area (Å²) >= 11 is 5.61. The van der Waals surface area contributed by atoms with E-state index in [0.29, 0.717) is 0 Å². The minimum atomic E-state index is -4.36. The summed E-state index contributed by atoms with van der Waals surface area (Å²) in [7, 11) is 0. The Morgan fingerprint density at radius 3 is 2.47 bits per heavy atom. The van der Waals surface area contributed by atoms with Crippen molar-refractivity contribution in [2.75, 3.05) is 0 Å². The molecular formula is C9H7ClF3NO. The fraction of sp³-hybridized carbons (Fsp3) is 0.222. The molecule has 2 nitrogen and oxygen atoms in total. The van der Waals surface area contributed by atoms with Gasteiger partial charge >= 0.3 is 6.18 Å². The van der Waals surface area contributed by atoms with Gasteiger partial charge in [-0.25, -0.2) is 0 Å². The number of benzene rings is 1. The average Bonchev–Trinajstić information content (AvgIpc) is 2.05. The van der Waals surface area contributed by atoms with Gasteiger partial charge in [0.15, 0.2) is 0 Å². The standard InChI is InChI=1S/C9H7ClF3NO/c10-7-5(4-9(11,12)13)2-1-3-6(7)8(14)15/h1-3H,4H2,(H2,14,15). The van der Waals surface area contributed by atoms with E-state index >= 15 is 0 Å². The lowest BCUT2D eigenvalue weighted by Crippen LogP contribution is -2.15. The second-order valence-corrected chi connectivity index (χ2v) is 3.31. The number of primary amides is 1. The zero-order chi connectivity index (χ0) is 11.6. The third kappa shape index (κ3) is 3.13. The number of amides is 1. The van der Waals surface area contributed by atoms with Crippen molar-refractivity contribution in [3.63, 3.8) is 0 Å². The van der Waals surface area contributed by atoms with Gasteiger partial charge in [0, 0.05) is 0 Å². The van der Waals surface area contributed by atoms with Crippen LogP contribution in [0, 0.1) is 0 Å². The normalized spacial score (nSPS) is 11.5. The zero-order valence-corrected chi connectivity index (χ0v) is 8.19. The SMILES string of the molecule is NC(=O)c1cccc(CC(F)(F)F)c1Cl. The highest BCUT2D eigenvalue weighted by molar-refractivity contribution is 6.34. The maximum Gasteiger partial charge on any atom is 0.393 e. The quantitative estimate of drug-likeness (QED) is 0.844. The van der Waals surface area contributed by atoms with Gasteiger partial charge < -0.3 is 5.73 Å². The zero-order valence-electron chi connectivity index (χ0n) is 7.44. The van der Waals surface area contributed by atoms with Crippen LogP contribution in [-0.2, 0) is 6.42 Å². The van der Waals surface area contributed by atoms with Gasteiger partial charge in [-0.3, -0.25) is 4.79 Å². The van der Waals surface area contributed by atoms with Crippen LogP contribution >= 0.6 is 11.6 Å². The summed E-state index contributed by atoms with van der Waals surface area (Å²) in [6, 6.07) is 3.81. The minimum absolute atomic E-state index is 0.0987. The van der Waals surface area contributed by atoms with E-state index in [0.717, 1.165) is 0 Å². The van der Waals surface area contributed by atoms with Gasteiger partial charge in [0.1, 0.15) is 0 Å². The first-order chi connectivity index (χ1) is 6.81. The molecule has 0 aliphatic heterocycles. The van der Waals surface area contributed by atoms with Gasteiger partial charge in [-0.05, 0) is 11.6 Å². The first kappa shape index (κ1) is 11.8. The first-order valence-corrected chi connectivity index (χ1v) is 4.33. The Kier molecular flexibility index (Phi) is 3.24. The predicted molar refractivity (Wildman–Crippen MR) is 49.7 cm³/mol. The van der Waals surface area contributed by atoms with Crippen molar-refractivity contribution in [1.29, 1.82) is 0 Å². The van der Waals surface area contributed by atoms with E-state index < -0.39 is 18.5 Å². The van der Waals surface area contributed by atoms with Crippen molar-refractivity contribution >= 4 is 17.5 Å². The van der Waals surface area contributed by atoms with Gasteiger partial charge in [-0.2, -0.15) is 13.2 Å². The third-order valence-corrected chi connectivity index (χ3v) is 2.18. The molecule has 0 saturated carbocycles. The van der Waals surface area contributed by atoms with Crippen molar-refractivity contribution in [3.8, 4) is 0 Å². The minimum Gasteiger partial charge on any atom is -0.366 e. The second-order valence-electron chi connectivity index (χ2n) is 2.93. The Hall–Kier alpha value is -1.23. The number of hydrogen-bond donors (Lipinski definition) is 1. The van der Waals surface area contributed by atoms with Crippen LogP contribution < -0.4 is 5.73 Å². The number of carbonyl (C=O) groups excluding carboxylic acids is 1. The maximum atomic E-state index is 12.1. The van der Waals surface area contributed by atoms with Gasteiger partial charge in [-0.15, -0.1) is 0 Å². The third-order valence-electron chi connectivity index (χ3n) is 1.74. The Labute approximate surface area is 88.8 Å². The molecule has 1 aromatic rings. The van der Waals surface area contributed by atoms with Crippen LogP contribution in [0.2, 0.25) is 5.02 Å². The van der Waals surface area contributed by atoms with Crippen LogP contribution in [0.25, 0.3) is 0 Å². The molecule has 0 saturated heterocycles. The predicted octanol–water partition coefficient (Wildman–Crippen LogP) is 2.54. The summed E-state index contributed by atoms with van der Waals surface area (Å²) < 4.78 is 36.2. The van der Waals surface area contributed by atoms with E-state index in [4.69, 9.17) is 17.3 Å². The lowest BCUT2D eigenvalue weighted by Gasteiger charge is -2.09. The Balaban J connectivity index is 3.10. The molecule has 0 bridgehead atoms. The summed E-state index contributed by atoms with van der Waals surface area (Å²) in [6.45, 7) is 0. The van der Waals surface area contributed by atoms with Crippen molar-refractivity contribution in [3.05, 3.63) is 34.3 Å². The van der Waals surface area contributed by atoms with Crippen molar-refractivity contribution in [2.45, 2.75) is 12.6 Å². The molecule has 1 rings (SSSR count). The van der Waals surface area contributed by atoms with Gasteiger partial charge in [-0.1, -0.05) is 23.7 Å². The van der Waals surface area contributed by atoms with E-state index in [-0.39, 0.29) is 16.1 Å². The summed E-state index contributed by atoms with van der Waals surface area (Å²) in [5.74, 6) is -0.843. The number of nitrogens with two attached hydrogens (primary N) is 1. The van der Waals surface area contributed by atoms with Crippen molar-refractivity contribution in [2.24, 2.45) is 5.73 Å². The lowest BCUT2D eigenvalue weighted by atomic mass is 10.1. The number of hydrogen-bond acceptors (Lipinski definition) is 1. The molecule has 0 aromatic heterocycles. The summed E-state index contributed by atoms with van der Waals surface area (Å²) in [5, 5.41) is -0.234. The molecule has 0 atom stereocenters. The monoisotopic (exact) mass is 237 g/mol. The molecule has 0 unspecified atom stereocenters. The fourth-order valence-electron chi connectivity index (χ4n) is 1.12. The van der Waals surface area contributed by atoms with Crippen LogP contribution in [0.15, 0.2) is 18.2 Å². The largest absolute Gasteiger partial charge is 0.393 e. The first-order valence-electron chi connectivity index (χ1n) is 3.95. The molecule has 0 heterocycles. The molecular weight excluding hydrogens is 231 g/mol. The molecule has 0 radical (unpaired) electrons. The smallest absolute Gasteiger partial charge is 0.366 e. The van der Waals surface area contributed by atoms with E-state index in [1.807, 2.05) is 0 Å². The molecule has 1 aromatic carbocycles. The van der Waals surface area contributed by atoms with E-state index in [9.17, 15) is 18.0 Å². The van der Waals surface area contributed by atoms with Crippen LogP contribution in [0.4, 0.5) is 13.2 Å². The number of rotatable bonds is 2. The summed E-state index contributed by atoms with van der Waals surface area (Å²) in [5.41, 5.74) is 4.69. The molecule has 0 aliphatic carbocycles. The topological polar surface area (TPSA) is 43.1 Å². The molecule has 0 spiro atoms. The maximum absolute atomic E-state index is 12.1. The van der Waals surface area contributed by atoms with Crippen molar-refractivity contribution < 1.29 is 18.0 Å². The van der Waals surface area contributed by atoms with E-state index in [2.05, 4.69) is 0 Å². The Morgan fingerprint density at radius 2 is 2.00 bits per heavy atom. The highest BCUT2D eigenvalue weighted by atomic mass is 35.5. The van der Waals surface area contributed by atoms with Gasteiger partial charge in [0.05, 0.1) is 17.0 Å². The molecule has 1 amide bonds.